The van der Waals surface area contributed by atoms with E-state index in [1.165, 1.54) is 0 Å². The van der Waals surface area contributed by atoms with E-state index in [-0.39, 0.29) is 12.1 Å². The Morgan fingerprint density at radius 2 is 2.13 bits per heavy atom. The van der Waals surface area contributed by atoms with Gasteiger partial charge in [-0.05, 0) is 26.7 Å². The summed E-state index contributed by atoms with van der Waals surface area (Å²) in [5.74, 6) is 0. The van der Waals surface area contributed by atoms with Crippen LogP contribution in [0.4, 0.5) is 0 Å². The van der Waals surface area contributed by atoms with Crippen molar-refractivity contribution in [3.63, 3.8) is 0 Å². The molecule has 15 heavy (non-hydrogen) atoms. The number of rotatable bonds is 4. The third-order valence-corrected chi connectivity index (χ3v) is 3.90. The van der Waals surface area contributed by atoms with Crippen molar-refractivity contribution in [3.05, 3.63) is 0 Å². The molecule has 0 aromatic heterocycles. The van der Waals surface area contributed by atoms with Crippen LogP contribution in [0.2, 0.25) is 0 Å². The molecule has 0 aliphatic carbocycles. The fourth-order valence-electron chi connectivity index (χ4n) is 1.62. The molecular formula is C9H20N2O3S. The Kier molecular flexibility index (Phi) is 4.51. The van der Waals surface area contributed by atoms with Crippen LogP contribution < -0.4 is 10.5 Å². The summed E-state index contributed by atoms with van der Waals surface area (Å²) in [6.07, 6.45) is 1.63. The number of sulfonamides is 1. The van der Waals surface area contributed by atoms with Gasteiger partial charge in [0.05, 0.1) is 18.0 Å². The molecule has 0 spiro atoms. The molecule has 0 saturated carbocycles. The Labute approximate surface area is 91.4 Å². The topological polar surface area (TPSA) is 81.4 Å². The molecule has 5 nitrogen and oxygen atoms in total. The molecule has 0 aromatic carbocycles. The van der Waals surface area contributed by atoms with Crippen molar-refractivity contribution < 1.29 is 13.2 Å². The highest BCUT2D eigenvalue weighted by molar-refractivity contribution is 7.89. The smallest absolute Gasteiger partial charge is 0.213 e. The van der Waals surface area contributed by atoms with Crippen molar-refractivity contribution >= 4 is 10.0 Å². The van der Waals surface area contributed by atoms with Crippen LogP contribution in [0.15, 0.2) is 0 Å². The Bertz CT molecular complexity index is 282. The van der Waals surface area contributed by atoms with Gasteiger partial charge in [-0.25, -0.2) is 13.6 Å². The maximum absolute atomic E-state index is 11.1. The summed E-state index contributed by atoms with van der Waals surface area (Å²) in [7, 11) is -3.38. The standard InChI is InChI=1S/C9H20N2O3S/c1-7(2)14-6-8-3-4-9(5-11-8)15(10,12)13/h7-9,11H,3-6H2,1-2H3,(H2,10,12,13). The summed E-state index contributed by atoms with van der Waals surface area (Å²) in [5.41, 5.74) is 0. The Hall–Kier alpha value is -0.170. The first kappa shape index (κ1) is 12.9. The lowest BCUT2D eigenvalue weighted by atomic mass is 10.1. The summed E-state index contributed by atoms with van der Waals surface area (Å²) in [6, 6.07) is 0.255. The van der Waals surface area contributed by atoms with Gasteiger partial charge in [-0.1, -0.05) is 0 Å². The highest BCUT2D eigenvalue weighted by Gasteiger charge is 2.27. The van der Waals surface area contributed by atoms with E-state index in [0.717, 1.165) is 6.42 Å². The highest BCUT2D eigenvalue weighted by atomic mass is 32.2. The molecule has 90 valence electrons. The van der Waals surface area contributed by atoms with E-state index in [4.69, 9.17) is 9.88 Å². The van der Waals surface area contributed by atoms with Crippen molar-refractivity contribution in [2.24, 2.45) is 5.14 Å². The molecule has 1 aliphatic heterocycles. The maximum atomic E-state index is 11.1. The first-order chi connectivity index (χ1) is 6.89. The van der Waals surface area contributed by atoms with Crippen molar-refractivity contribution in [3.8, 4) is 0 Å². The van der Waals surface area contributed by atoms with Gasteiger partial charge in [0.1, 0.15) is 0 Å². The summed E-state index contributed by atoms with van der Waals surface area (Å²) in [5, 5.41) is 7.79. The average Bonchev–Trinajstić information content (AvgIpc) is 2.14. The van der Waals surface area contributed by atoms with Gasteiger partial charge in [0, 0.05) is 12.6 Å². The predicted octanol–water partition coefficient (Wildman–Crippen LogP) is -0.179. The van der Waals surface area contributed by atoms with Crippen LogP contribution in [0.5, 0.6) is 0 Å². The minimum Gasteiger partial charge on any atom is -0.377 e. The molecule has 2 atom stereocenters. The molecule has 0 amide bonds. The minimum absolute atomic E-state index is 0.211. The van der Waals surface area contributed by atoms with Crippen LogP contribution in [0.3, 0.4) is 0 Å². The van der Waals surface area contributed by atoms with Gasteiger partial charge in [0.15, 0.2) is 0 Å². The van der Waals surface area contributed by atoms with E-state index in [1.807, 2.05) is 13.8 Å². The van der Waals surface area contributed by atoms with Crippen LogP contribution >= 0.6 is 0 Å². The van der Waals surface area contributed by atoms with E-state index in [9.17, 15) is 8.42 Å². The molecule has 1 rings (SSSR count). The molecule has 6 heteroatoms. The summed E-state index contributed by atoms with van der Waals surface area (Å²) < 4.78 is 27.6. The number of hydrogen-bond donors (Lipinski definition) is 2. The van der Waals surface area contributed by atoms with Crippen LogP contribution in [0.25, 0.3) is 0 Å². The number of primary sulfonamides is 1. The SMILES string of the molecule is CC(C)OCC1CCC(S(N)(=O)=O)CN1. The van der Waals surface area contributed by atoms with Crippen LogP contribution in [0.1, 0.15) is 26.7 Å². The van der Waals surface area contributed by atoms with E-state index in [2.05, 4.69) is 5.32 Å². The zero-order valence-electron chi connectivity index (χ0n) is 9.27. The Morgan fingerprint density at radius 3 is 2.53 bits per heavy atom. The van der Waals surface area contributed by atoms with Gasteiger partial charge in [-0.3, -0.25) is 0 Å². The number of nitrogens with one attached hydrogen (secondary N) is 1. The van der Waals surface area contributed by atoms with E-state index >= 15 is 0 Å². The third-order valence-electron chi connectivity index (χ3n) is 2.57. The second kappa shape index (κ2) is 5.25. The molecule has 0 radical (unpaired) electrons. The van der Waals surface area contributed by atoms with E-state index < -0.39 is 15.3 Å². The molecular weight excluding hydrogens is 216 g/mol. The maximum Gasteiger partial charge on any atom is 0.213 e. The van der Waals surface area contributed by atoms with Crippen molar-refractivity contribution in [1.29, 1.82) is 0 Å². The number of ether oxygens (including phenoxy) is 1. The first-order valence-corrected chi connectivity index (χ1v) is 6.87. The Balaban J connectivity index is 2.30. The number of piperidine rings is 1. The average molecular weight is 236 g/mol. The number of nitrogens with two attached hydrogens (primary N) is 1. The van der Waals surface area contributed by atoms with E-state index in [0.29, 0.717) is 19.6 Å². The molecule has 3 N–H and O–H groups in total. The van der Waals surface area contributed by atoms with Gasteiger partial charge in [-0.2, -0.15) is 0 Å². The minimum atomic E-state index is -3.38. The predicted molar refractivity (Wildman–Crippen MR) is 59.0 cm³/mol. The normalized spacial score (nSPS) is 28.3. The lowest BCUT2D eigenvalue weighted by Gasteiger charge is -2.28. The monoisotopic (exact) mass is 236 g/mol. The molecule has 2 unspecified atom stereocenters. The summed E-state index contributed by atoms with van der Waals surface area (Å²) >= 11 is 0. The summed E-state index contributed by atoms with van der Waals surface area (Å²) in [4.78, 5) is 0. The van der Waals surface area contributed by atoms with Gasteiger partial charge in [-0.15, -0.1) is 0 Å². The second-order valence-corrected chi connectivity index (χ2v) is 6.12. The molecule has 1 heterocycles. The fourth-order valence-corrected chi connectivity index (χ4v) is 2.41. The largest absolute Gasteiger partial charge is 0.377 e. The van der Waals surface area contributed by atoms with Crippen molar-refractivity contribution in [1.82, 2.24) is 5.32 Å². The van der Waals surface area contributed by atoms with Gasteiger partial charge in [0.2, 0.25) is 10.0 Å². The van der Waals surface area contributed by atoms with Crippen molar-refractivity contribution in [2.75, 3.05) is 13.2 Å². The van der Waals surface area contributed by atoms with Crippen molar-refractivity contribution in [2.45, 2.75) is 44.1 Å². The third kappa shape index (κ3) is 4.46. The van der Waals surface area contributed by atoms with Crippen LogP contribution in [-0.4, -0.2) is 39.0 Å². The zero-order chi connectivity index (χ0) is 11.5. The lowest BCUT2D eigenvalue weighted by Crippen LogP contribution is -2.48. The molecule has 1 fully saturated rings. The van der Waals surface area contributed by atoms with Gasteiger partial charge >= 0.3 is 0 Å². The molecule has 0 bridgehead atoms. The quantitative estimate of drug-likeness (QED) is 0.709. The van der Waals surface area contributed by atoms with Gasteiger partial charge in [0.25, 0.3) is 0 Å². The van der Waals surface area contributed by atoms with Gasteiger partial charge < -0.3 is 10.1 Å². The molecule has 1 aliphatic rings. The summed E-state index contributed by atoms with van der Waals surface area (Å²) in [6.45, 7) is 5.03. The Morgan fingerprint density at radius 1 is 1.47 bits per heavy atom. The second-order valence-electron chi connectivity index (χ2n) is 4.28. The number of hydrogen-bond acceptors (Lipinski definition) is 4. The fraction of sp³-hybridized carbons (Fsp3) is 1.00. The lowest BCUT2D eigenvalue weighted by molar-refractivity contribution is 0.0560. The molecule has 1 saturated heterocycles. The van der Waals surface area contributed by atoms with Crippen LogP contribution in [0, 0.1) is 0 Å². The van der Waals surface area contributed by atoms with E-state index in [1.54, 1.807) is 0 Å². The first-order valence-electron chi connectivity index (χ1n) is 5.26. The zero-order valence-corrected chi connectivity index (χ0v) is 10.1. The molecule has 0 aromatic rings. The van der Waals surface area contributed by atoms with Crippen LogP contribution in [-0.2, 0) is 14.8 Å². The highest BCUT2D eigenvalue weighted by Crippen LogP contribution is 2.13.